The molecular weight excluding hydrogens is 208 g/mol. The molecule has 0 atom stereocenters. The standard InChI is InChI=1S/C11H8N2OS/c12-7-9-3-1-2-4-10(9)8-15-11-13-5-6-14-11/h1-6H,8H2. The molecule has 0 unspecified atom stereocenters. The number of nitrogens with zero attached hydrogens (tertiary/aromatic N) is 2. The van der Waals surface area contributed by atoms with Crippen LogP contribution in [0.15, 0.2) is 46.4 Å². The van der Waals surface area contributed by atoms with Crippen molar-refractivity contribution in [3.05, 3.63) is 47.9 Å². The number of oxazole rings is 1. The van der Waals surface area contributed by atoms with E-state index in [1.165, 1.54) is 11.8 Å². The Morgan fingerprint density at radius 3 is 3.00 bits per heavy atom. The van der Waals surface area contributed by atoms with Gasteiger partial charge in [0.25, 0.3) is 5.22 Å². The molecular formula is C11H8N2OS. The van der Waals surface area contributed by atoms with E-state index in [1.54, 1.807) is 12.5 Å². The molecule has 0 saturated carbocycles. The van der Waals surface area contributed by atoms with E-state index in [-0.39, 0.29) is 0 Å². The first-order valence-electron chi connectivity index (χ1n) is 4.40. The van der Waals surface area contributed by atoms with Gasteiger partial charge in [0, 0.05) is 5.75 Å². The molecule has 2 rings (SSSR count). The molecule has 0 amide bonds. The van der Waals surface area contributed by atoms with Crippen LogP contribution in [0, 0.1) is 11.3 Å². The Morgan fingerprint density at radius 1 is 1.40 bits per heavy atom. The molecule has 1 heterocycles. The number of thioether (sulfide) groups is 1. The Balaban J connectivity index is 2.08. The minimum atomic E-state index is 0.628. The molecule has 0 bridgehead atoms. The largest absolute Gasteiger partial charge is 0.440 e. The Bertz CT molecular complexity index is 474. The summed E-state index contributed by atoms with van der Waals surface area (Å²) in [6.07, 6.45) is 3.15. The van der Waals surface area contributed by atoms with Crippen LogP contribution < -0.4 is 0 Å². The summed E-state index contributed by atoms with van der Waals surface area (Å²) in [5.74, 6) is 0.699. The van der Waals surface area contributed by atoms with Gasteiger partial charge < -0.3 is 4.42 Å². The average Bonchev–Trinajstić information content (AvgIpc) is 2.79. The molecule has 4 heteroatoms. The first-order chi connectivity index (χ1) is 7.40. The fraction of sp³-hybridized carbons (Fsp3) is 0.0909. The summed E-state index contributed by atoms with van der Waals surface area (Å²) in [4.78, 5) is 4.00. The van der Waals surface area contributed by atoms with Crippen LogP contribution in [-0.2, 0) is 5.75 Å². The predicted molar refractivity (Wildman–Crippen MR) is 57.2 cm³/mol. The summed E-state index contributed by atoms with van der Waals surface area (Å²) in [6.45, 7) is 0. The summed E-state index contributed by atoms with van der Waals surface area (Å²) < 4.78 is 5.10. The van der Waals surface area contributed by atoms with Crippen molar-refractivity contribution >= 4 is 11.8 Å². The van der Waals surface area contributed by atoms with E-state index in [2.05, 4.69) is 11.1 Å². The van der Waals surface area contributed by atoms with Crippen molar-refractivity contribution in [1.29, 1.82) is 5.26 Å². The summed E-state index contributed by atoms with van der Waals surface area (Å²) in [6, 6.07) is 9.69. The van der Waals surface area contributed by atoms with Gasteiger partial charge in [-0.15, -0.1) is 0 Å². The third-order valence-electron chi connectivity index (χ3n) is 1.90. The molecule has 74 valence electrons. The van der Waals surface area contributed by atoms with E-state index in [9.17, 15) is 0 Å². The number of nitriles is 1. The molecule has 2 aromatic rings. The van der Waals surface area contributed by atoms with Gasteiger partial charge in [0.15, 0.2) is 0 Å². The van der Waals surface area contributed by atoms with Crippen molar-refractivity contribution in [2.24, 2.45) is 0 Å². The number of hydrogen-bond donors (Lipinski definition) is 0. The van der Waals surface area contributed by atoms with Crippen LogP contribution in [0.3, 0.4) is 0 Å². The summed E-state index contributed by atoms with van der Waals surface area (Å²) in [7, 11) is 0. The quantitative estimate of drug-likeness (QED) is 0.740. The minimum absolute atomic E-state index is 0.628. The predicted octanol–water partition coefficient (Wildman–Crippen LogP) is 2.84. The highest BCUT2D eigenvalue weighted by molar-refractivity contribution is 7.98. The Hall–Kier alpha value is -1.73. The molecule has 0 saturated heterocycles. The van der Waals surface area contributed by atoms with Gasteiger partial charge in [-0.1, -0.05) is 30.0 Å². The second-order valence-electron chi connectivity index (χ2n) is 2.86. The number of benzene rings is 1. The maximum atomic E-state index is 8.88. The van der Waals surface area contributed by atoms with Gasteiger partial charge in [0.1, 0.15) is 6.26 Å². The average molecular weight is 216 g/mol. The molecule has 0 radical (unpaired) electrons. The first kappa shape index (κ1) is 9.81. The molecule has 0 aliphatic heterocycles. The molecule has 0 fully saturated rings. The smallest absolute Gasteiger partial charge is 0.255 e. The van der Waals surface area contributed by atoms with Crippen LogP contribution >= 0.6 is 11.8 Å². The summed E-state index contributed by atoms with van der Waals surface area (Å²) in [5, 5.41) is 9.50. The van der Waals surface area contributed by atoms with E-state index in [4.69, 9.17) is 9.68 Å². The monoisotopic (exact) mass is 216 g/mol. The second-order valence-corrected chi connectivity index (χ2v) is 3.78. The maximum Gasteiger partial charge on any atom is 0.255 e. The zero-order valence-corrected chi connectivity index (χ0v) is 8.70. The number of rotatable bonds is 3. The molecule has 1 aromatic heterocycles. The zero-order valence-electron chi connectivity index (χ0n) is 7.88. The van der Waals surface area contributed by atoms with E-state index in [0.717, 1.165) is 5.56 Å². The van der Waals surface area contributed by atoms with Crippen LogP contribution in [0.5, 0.6) is 0 Å². The number of hydrogen-bond acceptors (Lipinski definition) is 4. The lowest BCUT2D eigenvalue weighted by Crippen LogP contribution is -1.86. The molecule has 1 aromatic carbocycles. The van der Waals surface area contributed by atoms with Crippen molar-refractivity contribution in [2.45, 2.75) is 11.0 Å². The third-order valence-corrected chi connectivity index (χ3v) is 2.80. The van der Waals surface area contributed by atoms with Crippen LogP contribution in [0.25, 0.3) is 0 Å². The van der Waals surface area contributed by atoms with E-state index in [1.807, 2.05) is 24.3 Å². The molecule has 0 aliphatic rings. The van der Waals surface area contributed by atoms with Gasteiger partial charge >= 0.3 is 0 Å². The number of aromatic nitrogens is 1. The maximum absolute atomic E-state index is 8.88. The van der Waals surface area contributed by atoms with Crippen molar-refractivity contribution in [2.75, 3.05) is 0 Å². The van der Waals surface area contributed by atoms with Gasteiger partial charge in [-0.05, 0) is 11.6 Å². The lowest BCUT2D eigenvalue weighted by atomic mass is 10.1. The van der Waals surface area contributed by atoms with Crippen LogP contribution in [0.2, 0.25) is 0 Å². The normalized spacial score (nSPS) is 9.80. The van der Waals surface area contributed by atoms with Crippen molar-refractivity contribution in [3.8, 4) is 6.07 Å². The fourth-order valence-corrected chi connectivity index (χ4v) is 1.97. The van der Waals surface area contributed by atoms with Gasteiger partial charge in [-0.2, -0.15) is 5.26 Å². The second kappa shape index (κ2) is 4.67. The highest BCUT2D eigenvalue weighted by Gasteiger charge is 2.03. The third kappa shape index (κ3) is 2.39. The lowest BCUT2D eigenvalue weighted by Gasteiger charge is -2.00. The zero-order chi connectivity index (χ0) is 10.5. The molecule has 15 heavy (non-hydrogen) atoms. The first-order valence-corrected chi connectivity index (χ1v) is 5.39. The van der Waals surface area contributed by atoms with Gasteiger partial charge in [-0.25, -0.2) is 4.98 Å². The van der Waals surface area contributed by atoms with Crippen LogP contribution in [0.1, 0.15) is 11.1 Å². The summed E-state index contributed by atoms with van der Waals surface area (Å²) >= 11 is 1.48. The van der Waals surface area contributed by atoms with Crippen LogP contribution in [-0.4, -0.2) is 4.98 Å². The van der Waals surface area contributed by atoms with Crippen LogP contribution in [0.4, 0.5) is 0 Å². The molecule has 0 aliphatic carbocycles. The minimum Gasteiger partial charge on any atom is -0.440 e. The highest BCUT2D eigenvalue weighted by atomic mass is 32.2. The van der Waals surface area contributed by atoms with Gasteiger partial charge in [0.05, 0.1) is 17.8 Å². The van der Waals surface area contributed by atoms with E-state index >= 15 is 0 Å². The van der Waals surface area contributed by atoms with Gasteiger partial charge in [0.2, 0.25) is 0 Å². The topological polar surface area (TPSA) is 49.8 Å². The molecule has 0 spiro atoms. The van der Waals surface area contributed by atoms with Gasteiger partial charge in [-0.3, -0.25) is 0 Å². The van der Waals surface area contributed by atoms with Crippen molar-refractivity contribution < 1.29 is 4.42 Å². The Labute approximate surface area is 91.7 Å². The summed E-state index contributed by atoms with van der Waals surface area (Å²) in [5.41, 5.74) is 1.71. The van der Waals surface area contributed by atoms with Crippen molar-refractivity contribution in [1.82, 2.24) is 4.98 Å². The fourth-order valence-electron chi connectivity index (χ4n) is 1.18. The lowest BCUT2D eigenvalue weighted by molar-refractivity contribution is 0.454. The Morgan fingerprint density at radius 2 is 2.27 bits per heavy atom. The van der Waals surface area contributed by atoms with E-state index < -0.39 is 0 Å². The highest BCUT2D eigenvalue weighted by Crippen LogP contribution is 2.22. The van der Waals surface area contributed by atoms with Crippen molar-refractivity contribution in [3.63, 3.8) is 0 Å². The Kier molecular flexibility index (Phi) is 3.05. The molecule has 3 nitrogen and oxygen atoms in total. The SMILES string of the molecule is N#Cc1ccccc1CSc1ncco1. The molecule has 0 N–H and O–H groups in total. The van der Waals surface area contributed by atoms with E-state index in [0.29, 0.717) is 16.5 Å².